The van der Waals surface area contributed by atoms with Crippen LogP contribution in [0.2, 0.25) is 0 Å². The molecule has 1 aliphatic carbocycles. The van der Waals surface area contributed by atoms with E-state index in [0.29, 0.717) is 13.0 Å². The van der Waals surface area contributed by atoms with Crippen molar-refractivity contribution in [3.63, 3.8) is 0 Å². The molecule has 0 aromatic heterocycles. The first-order valence-electron chi connectivity index (χ1n) is 6.25. The van der Waals surface area contributed by atoms with E-state index in [4.69, 9.17) is 10.2 Å². The third-order valence-electron chi connectivity index (χ3n) is 3.91. The SMILES string of the molecule is CC(C)(CCO)CNC(=O)C1C(C(=O)O)C1(C)C. The van der Waals surface area contributed by atoms with Gasteiger partial charge in [0.15, 0.2) is 0 Å². The molecule has 104 valence electrons. The number of carbonyl (C=O) groups is 2. The maximum Gasteiger partial charge on any atom is 0.307 e. The van der Waals surface area contributed by atoms with Crippen LogP contribution < -0.4 is 5.32 Å². The fraction of sp³-hybridized carbons (Fsp3) is 0.846. The van der Waals surface area contributed by atoms with Crippen LogP contribution in [0.4, 0.5) is 0 Å². The first-order valence-corrected chi connectivity index (χ1v) is 6.25. The van der Waals surface area contributed by atoms with Gasteiger partial charge in [0.05, 0.1) is 11.8 Å². The molecule has 2 unspecified atom stereocenters. The molecule has 0 saturated heterocycles. The zero-order valence-electron chi connectivity index (χ0n) is 11.5. The van der Waals surface area contributed by atoms with Gasteiger partial charge in [0.2, 0.25) is 5.91 Å². The molecule has 0 spiro atoms. The monoisotopic (exact) mass is 257 g/mol. The fourth-order valence-electron chi connectivity index (χ4n) is 2.42. The second kappa shape index (κ2) is 4.88. The second-order valence-electron chi connectivity index (χ2n) is 6.47. The Kier molecular flexibility index (Phi) is 4.05. The number of aliphatic hydroxyl groups excluding tert-OH is 1. The summed E-state index contributed by atoms with van der Waals surface area (Å²) in [5.74, 6) is -2.13. The Bertz CT molecular complexity index is 349. The quantitative estimate of drug-likeness (QED) is 0.659. The Labute approximate surface area is 108 Å². The van der Waals surface area contributed by atoms with Crippen molar-refractivity contribution in [2.24, 2.45) is 22.7 Å². The summed E-state index contributed by atoms with van der Waals surface area (Å²) in [7, 11) is 0. The molecule has 1 rings (SSSR count). The van der Waals surface area contributed by atoms with E-state index in [1.165, 1.54) is 0 Å². The lowest BCUT2D eigenvalue weighted by Crippen LogP contribution is -2.36. The Morgan fingerprint density at radius 1 is 1.28 bits per heavy atom. The molecule has 0 radical (unpaired) electrons. The van der Waals surface area contributed by atoms with Crippen molar-refractivity contribution in [2.45, 2.75) is 34.1 Å². The van der Waals surface area contributed by atoms with Crippen LogP contribution in [0.1, 0.15) is 34.1 Å². The topological polar surface area (TPSA) is 86.6 Å². The summed E-state index contributed by atoms with van der Waals surface area (Å²) >= 11 is 0. The summed E-state index contributed by atoms with van der Waals surface area (Å²) in [5.41, 5.74) is -0.640. The van der Waals surface area contributed by atoms with E-state index in [1.54, 1.807) is 13.8 Å². The van der Waals surface area contributed by atoms with Gasteiger partial charge in [-0.05, 0) is 17.3 Å². The second-order valence-corrected chi connectivity index (χ2v) is 6.47. The van der Waals surface area contributed by atoms with E-state index < -0.39 is 23.2 Å². The highest BCUT2D eigenvalue weighted by atomic mass is 16.4. The lowest BCUT2D eigenvalue weighted by Gasteiger charge is -2.24. The van der Waals surface area contributed by atoms with Gasteiger partial charge in [-0.15, -0.1) is 0 Å². The highest BCUT2D eigenvalue weighted by molar-refractivity contribution is 5.91. The molecule has 1 aliphatic rings. The molecular weight excluding hydrogens is 234 g/mol. The van der Waals surface area contributed by atoms with Crippen molar-refractivity contribution in [1.29, 1.82) is 0 Å². The lowest BCUT2D eigenvalue weighted by molar-refractivity contribution is -0.140. The molecule has 1 amide bonds. The molecule has 3 N–H and O–H groups in total. The van der Waals surface area contributed by atoms with Crippen LogP contribution in [0, 0.1) is 22.7 Å². The van der Waals surface area contributed by atoms with Gasteiger partial charge in [-0.2, -0.15) is 0 Å². The molecule has 2 atom stereocenters. The number of nitrogens with one attached hydrogen (secondary N) is 1. The number of hydrogen-bond acceptors (Lipinski definition) is 3. The van der Waals surface area contributed by atoms with Crippen LogP contribution in [0.5, 0.6) is 0 Å². The van der Waals surface area contributed by atoms with Gasteiger partial charge < -0.3 is 15.5 Å². The third kappa shape index (κ3) is 3.02. The summed E-state index contributed by atoms with van der Waals surface area (Å²) in [6, 6.07) is 0. The predicted octanol–water partition coefficient (Wildman–Crippen LogP) is 0.868. The van der Waals surface area contributed by atoms with Gasteiger partial charge in [0.25, 0.3) is 0 Å². The van der Waals surface area contributed by atoms with Gasteiger partial charge in [-0.1, -0.05) is 27.7 Å². The molecule has 0 bridgehead atoms. The predicted molar refractivity (Wildman–Crippen MR) is 66.9 cm³/mol. The third-order valence-corrected chi connectivity index (χ3v) is 3.91. The number of carboxylic acid groups (broad SMARTS) is 1. The van der Waals surface area contributed by atoms with Crippen molar-refractivity contribution in [1.82, 2.24) is 5.32 Å². The molecule has 5 nitrogen and oxygen atoms in total. The molecule has 5 heteroatoms. The van der Waals surface area contributed by atoms with Crippen LogP contribution in [-0.2, 0) is 9.59 Å². The van der Waals surface area contributed by atoms with E-state index >= 15 is 0 Å². The maximum atomic E-state index is 11.9. The van der Waals surface area contributed by atoms with Gasteiger partial charge >= 0.3 is 5.97 Å². The fourth-order valence-corrected chi connectivity index (χ4v) is 2.42. The van der Waals surface area contributed by atoms with E-state index in [1.807, 2.05) is 13.8 Å². The van der Waals surface area contributed by atoms with E-state index in [9.17, 15) is 9.59 Å². The summed E-state index contributed by atoms with van der Waals surface area (Å²) in [6.07, 6.45) is 0.601. The van der Waals surface area contributed by atoms with E-state index in [2.05, 4.69) is 5.32 Å². The average molecular weight is 257 g/mol. The standard InChI is InChI=1S/C13H23NO4/c1-12(2,5-6-15)7-14-10(16)8-9(11(17)18)13(8,3)4/h8-9,15H,5-7H2,1-4H3,(H,14,16)(H,17,18). The van der Waals surface area contributed by atoms with E-state index in [0.717, 1.165) is 0 Å². The Hall–Kier alpha value is -1.10. The van der Waals surface area contributed by atoms with Crippen molar-refractivity contribution in [3.05, 3.63) is 0 Å². The highest BCUT2D eigenvalue weighted by Crippen LogP contribution is 2.58. The molecule has 0 heterocycles. The molecular formula is C13H23NO4. The zero-order chi connectivity index (χ0) is 14.1. The minimum Gasteiger partial charge on any atom is -0.481 e. The summed E-state index contributed by atoms with van der Waals surface area (Å²) < 4.78 is 0. The minimum atomic E-state index is -0.908. The van der Waals surface area contributed by atoms with Crippen molar-refractivity contribution in [2.75, 3.05) is 13.2 Å². The van der Waals surface area contributed by atoms with Crippen LogP contribution >= 0.6 is 0 Å². The number of aliphatic hydroxyl groups is 1. The number of aliphatic carboxylic acids is 1. The number of amides is 1. The summed E-state index contributed by atoms with van der Waals surface area (Å²) in [5, 5.41) is 20.7. The molecule has 0 aromatic rings. The summed E-state index contributed by atoms with van der Waals surface area (Å²) in [4.78, 5) is 22.9. The first kappa shape index (κ1) is 15.0. The van der Waals surface area contributed by atoms with Gasteiger partial charge in [0, 0.05) is 13.2 Å². The Balaban J connectivity index is 2.51. The smallest absolute Gasteiger partial charge is 0.307 e. The number of hydrogen-bond donors (Lipinski definition) is 3. The van der Waals surface area contributed by atoms with Crippen molar-refractivity contribution < 1.29 is 19.8 Å². The Morgan fingerprint density at radius 2 is 1.83 bits per heavy atom. The maximum absolute atomic E-state index is 11.9. The van der Waals surface area contributed by atoms with Crippen molar-refractivity contribution >= 4 is 11.9 Å². The molecule has 1 fully saturated rings. The molecule has 18 heavy (non-hydrogen) atoms. The Morgan fingerprint density at radius 3 is 2.22 bits per heavy atom. The van der Waals surface area contributed by atoms with Crippen LogP contribution in [0.15, 0.2) is 0 Å². The normalized spacial score (nSPS) is 25.6. The van der Waals surface area contributed by atoms with E-state index in [-0.39, 0.29) is 17.9 Å². The van der Waals surface area contributed by atoms with Crippen LogP contribution in [-0.4, -0.2) is 35.2 Å². The zero-order valence-corrected chi connectivity index (χ0v) is 11.5. The van der Waals surface area contributed by atoms with Crippen molar-refractivity contribution in [3.8, 4) is 0 Å². The number of carbonyl (C=O) groups excluding carboxylic acids is 1. The molecule has 0 aromatic carbocycles. The van der Waals surface area contributed by atoms with Gasteiger partial charge in [-0.3, -0.25) is 9.59 Å². The lowest BCUT2D eigenvalue weighted by atomic mass is 9.89. The van der Waals surface area contributed by atoms with Gasteiger partial charge in [-0.25, -0.2) is 0 Å². The van der Waals surface area contributed by atoms with Gasteiger partial charge in [0.1, 0.15) is 0 Å². The highest BCUT2D eigenvalue weighted by Gasteiger charge is 2.65. The average Bonchev–Trinajstić information content (AvgIpc) is 2.78. The molecule has 0 aliphatic heterocycles. The van der Waals surface area contributed by atoms with Crippen LogP contribution in [0.3, 0.4) is 0 Å². The first-order chi connectivity index (χ1) is 8.13. The summed E-state index contributed by atoms with van der Waals surface area (Å²) in [6.45, 7) is 8.04. The number of carboxylic acids is 1. The minimum absolute atomic E-state index is 0.0789. The molecule has 1 saturated carbocycles. The number of rotatable bonds is 6. The largest absolute Gasteiger partial charge is 0.481 e. The van der Waals surface area contributed by atoms with Crippen LogP contribution in [0.25, 0.3) is 0 Å².